The quantitative estimate of drug-likeness (QED) is 0.760. The second kappa shape index (κ2) is 5.20. The summed E-state index contributed by atoms with van der Waals surface area (Å²) in [5, 5.41) is 8.83. The normalized spacial score (nSPS) is 9.50. The van der Waals surface area contributed by atoms with Gasteiger partial charge in [0, 0.05) is 19.8 Å². The van der Waals surface area contributed by atoms with Crippen LogP contribution >= 0.6 is 0 Å². The minimum atomic E-state index is 0.465. The number of hydrogen-bond donors (Lipinski definition) is 1. The van der Waals surface area contributed by atoms with E-state index in [0.29, 0.717) is 12.2 Å². The smallest absolute Gasteiger partial charge is 0.163 e. The van der Waals surface area contributed by atoms with E-state index in [9.17, 15) is 0 Å². The van der Waals surface area contributed by atoms with E-state index in [0.717, 1.165) is 18.7 Å². The van der Waals surface area contributed by atoms with Gasteiger partial charge in [0.25, 0.3) is 0 Å². The van der Waals surface area contributed by atoms with Gasteiger partial charge in [-0.25, -0.2) is 4.98 Å². The second-order valence-corrected chi connectivity index (χ2v) is 3.05. The molecule has 0 atom stereocenters. The van der Waals surface area contributed by atoms with E-state index in [4.69, 9.17) is 11.0 Å². The molecule has 0 aliphatic rings. The number of aromatic nitrogens is 1. The van der Waals surface area contributed by atoms with Gasteiger partial charge in [0.15, 0.2) is 5.69 Å². The second-order valence-electron chi connectivity index (χ2n) is 3.05. The molecular formula is C10H14N4. The van der Waals surface area contributed by atoms with Crippen LogP contribution in [0.25, 0.3) is 0 Å². The summed E-state index contributed by atoms with van der Waals surface area (Å²) < 4.78 is 0. The summed E-state index contributed by atoms with van der Waals surface area (Å²) in [5.41, 5.74) is 6.75. The Balaban J connectivity index is 2.79. The van der Waals surface area contributed by atoms with Crippen molar-refractivity contribution in [3.05, 3.63) is 24.0 Å². The van der Waals surface area contributed by atoms with Crippen LogP contribution < -0.4 is 10.6 Å². The Morgan fingerprint density at radius 2 is 2.43 bits per heavy atom. The van der Waals surface area contributed by atoms with Crippen LogP contribution in [0, 0.1) is 11.3 Å². The van der Waals surface area contributed by atoms with Gasteiger partial charge in [0.1, 0.15) is 6.07 Å². The molecule has 1 aromatic heterocycles. The van der Waals surface area contributed by atoms with Gasteiger partial charge in [-0.2, -0.15) is 5.26 Å². The molecule has 0 saturated heterocycles. The minimum Gasteiger partial charge on any atom is -0.372 e. The third-order valence-electron chi connectivity index (χ3n) is 2.00. The number of anilines is 1. The number of nitriles is 1. The summed E-state index contributed by atoms with van der Waals surface area (Å²) in [6.07, 6.45) is 2.54. The monoisotopic (exact) mass is 190 g/mol. The van der Waals surface area contributed by atoms with E-state index in [1.54, 1.807) is 6.20 Å². The minimum absolute atomic E-state index is 0.465. The Labute approximate surface area is 84.0 Å². The largest absolute Gasteiger partial charge is 0.372 e. The Morgan fingerprint density at radius 1 is 1.64 bits per heavy atom. The maximum absolute atomic E-state index is 8.83. The maximum atomic E-state index is 8.83. The number of nitrogens with zero attached hydrogens (tertiary/aromatic N) is 3. The van der Waals surface area contributed by atoms with E-state index in [2.05, 4.69) is 11.1 Å². The van der Waals surface area contributed by atoms with Crippen molar-refractivity contribution in [3.63, 3.8) is 0 Å². The fourth-order valence-electron chi connectivity index (χ4n) is 1.24. The van der Waals surface area contributed by atoms with Crippen molar-refractivity contribution in [2.75, 3.05) is 25.0 Å². The molecule has 1 heterocycles. The lowest BCUT2D eigenvalue weighted by Crippen LogP contribution is -2.22. The number of rotatable bonds is 4. The summed E-state index contributed by atoms with van der Waals surface area (Å²) in [7, 11) is 1.94. The molecule has 1 aromatic rings. The van der Waals surface area contributed by atoms with Gasteiger partial charge < -0.3 is 10.6 Å². The van der Waals surface area contributed by atoms with E-state index >= 15 is 0 Å². The Bertz CT molecular complexity index is 329. The average Bonchev–Trinajstić information content (AvgIpc) is 2.25. The molecule has 1 rings (SSSR count). The van der Waals surface area contributed by atoms with Crippen LogP contribution in [0.15, 0.2) is 18.3 Å². The van der Waals surface area contributed by atoms with E-state index in [-0.39, 0.29) is 0 Å². The third kappa shape index (κ3) is 2.44. The Hall–Kier alpha value is -1.60. The third-order valence-corrected chi connectivity index (χ3v) is 2.00. The summed E-state index contributed by atoms with van der Waals surface area (Å²) in [6.45, 7) is 1.50. The molecule has 0 aromatic carbocycles. The van der Waals surface area contributed by atoms with Crippen molar-refractivity contribution < 1.29 is 0 Å². The number of pyridine rings is 1. The van der Waals surface area contributed by atoms with Gasteiger partial charge in [0.05, 0.1) is 5.69 Å². The molecule has 4 nitrogen and oxygen atoms in total. The van der Waals surface area contributed by atoms with Gasteiger partial charge in [-0.3, -0.25) is 0 Å². The first kappa shape index (κ1) is 10.5. The van der Waals surface area contributed by atoms with Crippen molar-refractivity contribution in [3.8, 4) is 6.07 Å². The molecule has 4 heteroatoms. The summed E-state index contributed by atoms with van der Waals surface area (Å²) in [4.78, 5) is 5.99. The fourth-order valence-corrected chi connectivity index (χ4v) is 1.24. The van der Waals surface area contributed by atoms with Crippen molar-refractivity contribution in [1.82, 2.24) is 4.98 Å². The molecule has 0 spiro atoms. The van der Waals surface area contributed by atoms with Crippen LogP contribution in [0.2, 0.25) is 0 Å². The zero-order chi connectivity index (χ0) is 10.4. The highest BCUT2D eigenvalue weighted by atomic mass is 15.1. The van der Waals surface area contributed by atoms with E-state index < -0.39 is 0 Å². The van der Waals surface area contributed by atoms with Crippen molar-refractivity contribution >= 4 is 5.69 Å². The van der Waals surface area contributed by atoms with Gasteiger partial charge in [-0.15, -0.1) is 0 Å². The SMILES string of the molecule is CN(CCCN)c1cccnc1C#N. The summed E-state index contributed by atoms with van der Waals surface area (Å²) in [5.74, 6) is 0. The predicted molar refractivity (Wildman–Crippen MR) is 55.9 cm³/mol. The average molecular weight is 190 g/mol. The van der Waals surface area contributed by atoms with Crippen LogP contribution in [0.1, 0.15) is 12.1 Å². The molecule has 0 aliphatic heterocycles. The van der Waals surface area contributed by atoms with Crippen LogP contribution in [0.5, 0.6) is 0 Å². The zero-order valence-corrected chi connectivity index (χ0v) is 8.27. The van der Waals surface area contributed by atoms with Crippen molar-refractivity contribution in [1.29, 1.82) is 5.26 Å². The van der Waals surface area contributed by atoms with Gasteiger partial charge in [0.2, 0.25) is 0 Å². The molecule has 74 valence electrons. The molecule has 0 fully saturated rings. The zero-order valence-electron chi connectivity index (χ0n) is 8.27. The lowest BCUT2D eigenvalue weighted by molar-refractivity contribution is 0.793. The van der Waals surface area contributed by atoms with Crippen LogP contribution in [-0.2, 0) is 0 Å². The lowest BCUT2D eigenvalue weighted by Gasteiger charge is -2.19. The first-order chi connectivity index (χ1) is 6.79. The van der Waals surface area contributed by atoms with Crippen LogP contribution in [0.3, 0.4) is 0 Å². The summed E-state index contributed by atoms with van der Waals surface area (Å²) in [6, 6.07) is 5.79. The highest BCUT2D eigenvalue weighted by Gasteiger charge is 2.06. The van der Waals surface area contributed by atoms with Crippen molar-refractivity contribution in [2.45, 2.75) is 6.42 Å². The molecule has 0 saturated carbocycles. The van der Waals surface area contributed by atoms with E-state index in [1.807, 2.05) is 24.1 Å². The molecular weight excluding hydrogens is 176 g/mol. The van der Waals surface area contributed by atoms with Crippen LogP contribution in [-0.4, -0.2) is 25.1 Å². The maximum Gasteiger partial charge on any atom is 0.163 e. The molecule has 2 N–H and O–H groups in total. The first-order valence-corrected chi connectivity index (χ1v) is 4.56. The molecule has 0 aliphatic carbocycles. The highest BCUT2D eigenvalue weighted by Crippen LogP contribution is 2.15. The van der Waals surface area contributed by atoms with Gasteiger partial charge >= 0.3 is 0 Å². The molecule has 0 unspecified atom stereocenters. The van der Waals surface area contributed by atoms with Gasteiger partial charge in [-0.1, -0.05) is 0 Å². The predicted octanol–water partition coefficient (Wildman–Crippen LogP) is 0.738. The summed E-state index contributed by atoms with van der Waals surface area (Å²) >= 11 is 0. The lowest BCUT2D eigenvalue weighted by atomic mass is 10.2. The van der Waals surface area contributed by atoms with Gasteiger partial charge in [-0.05, 0) is 25.1 Å². The van der Waals surface area contributed by atoms with Crippen molar-refractivity contribution in [2.24, 2.45) is 5.73 Å². The molecule has 0 radical (unpaired) electrons. The first-order valence-electron chi connectivity index (χ1n) is 4.56. The Kier molecular flexibility index (Phi) is 3.89. The van der Waals surface area contributed by atoms with E-state index in [1.165, 1.54) is 0 Å². The molecule has 14 heavy (non-hydrogen) atoms. The van der Waals surface area contributed by atoms with Crippen LogP contribution in [0.4, 0.5) is 5.69 Å². The topological polar surface area (TPSA) is 65.9 Å². The number of nitrogens with two attached hydrogens (primary N) is 1. The molecule has 0 bridgehead atoms. The fraction of sp³-hybridized carbons (Fsp3) is 0.400. The number of hydrogen-bond acceptors (Lipinski definition) is 4. The highest BCUT2D eigenvalue weighted by molar-refractivity contribution is 5.54. The Morgan fingerprint density at radius 3 is 3.07 bits per heavy atom. The molecule has 0 amide bonds. The standard InChI is InChI=1S/C10H14N4/c1-14(7-3-5-11)10-4-2-6-13-9(10)8-12/h2,4,6H,3,5,7,11H2,1H3.